The number of benzene rings is 2. The maximum atomic E-state index is 13.4. The van der Waals surface area contributed by atoms with Gasteiger partial charge in [-0.05, 0) is 38.5 Å². The zero-order valence-electron chi connectivity index (χ0n) is 17.5. The summed E-state index contributed by atoms with van der Waals surface area (Å²) in [4.78, 5) is 16.9. The van der Waals surface area contributed by atoms with Crippen molar-refractivity contribution < 1.29 is 9.21 Å². The quantitative estimate of drug-likeness (QED) is 0.381. The summed E-state index contributed by atoms with van der Waals surface area (Å²) in [6.07, 6.45) is 3.38. The Morgan fingerprint density at radius 2 is 1.80 bits per heavy atom. The Labute approximate surface area is 176 Å². The van der Waals surface area contributed by atoms with Crippen molar-refractivity contribution in [1.82, 2.24) is 10.3 Å². The average molecular weight is 402 g/mol. The number of furan rings is 1. The molecule has 1 amide bonds. The molecule has 0 spiro atoms. The van der Waals surface area contributed by atoms with Crippen molar-refractivity contribution in [3.05, 3.63) is 89.9 Å². The number of hydrogen-bond donors (Lipinski definition) is 3. The lowest BCUT2D eigenvalue weighted by Crippen LogP contribution is -2.41. The summed E-state index contributed by atoms with van der Waals surface area (Å²) in [6.45, 7) is 6.56. The predicted molar refractivity (Wildman–Crippen MR) is 120 cm³/mol. The molecular formula is C25H27N3O2. The Balaban J connectivity index is 1.65. The summed E-state index contributed by atoms with van der Waals surface area (Å²) in [7, 11) is 0. The number of anilines is 1. The number of fused-ring (bicyclic) bond motifs is 1. The number of rotatable bonds is 7. The number of para-hydroxylation sites is 1. The van der Waals surface area contributed by atoms with Crippen molar-refractivity contribution in [3.8, 4) is 0 Å². The van der Waals surface area contributed by atoms with Crippen LogP contribution in [0.3, 0.4) is 0 Å². The second-order valence-electron chi connectivity index (χ2n) is 8.14. The van der Waals surface area contributed by atoms with Crippen molar-refractivity contribution in [3.63, 3.8) is 0 Å². The van der Waals surface area contributed by atoms with Crippen LogP contribution < -0.4 is 10.6 Å². The van der Waals surface area contributed by atoms with Gasteiger partial charge in [-0.1, -0.05) is 48.5 Å². The molecule has 2 heterocycles. The molecule has 2 aromatic carbocycles. The van der Waals surface area contributed by atoms with Crippen molar-refractivity contribution in [2.45, 2.75) is 38.8 Å². The molecule has 1 unspecified atom stereocenters. The molecule has 0 aliphatic carbocycles. The van der Waals surface area contributed by atoms with E-state index in [0.29, 0.717) is 6.54 Å². The molecule has 0 aliphatic rings. The maximum Gasteiger partial charge on any atom is 0.230 e. The van der Waals surface area contributed by atoms with Crippen LogP contribution in [0, 0.1) is 0 Å². The maximum absolute atomic E-state index is 13.4. The molecule has 0 saturated carbocycles. The minimum atomic E-state index is -0.749. The zero-order chi connectivity index (χ0) is 21.1. The lowest BCUT2D eigenvalue weighted by Gasteiger charge is -2.27. The molecule has 154 valence electrons. The van der Waals surface area contributed by atoms with Crippen molar-refractivity contribution >= 4 is 22.6 Å². The number of carbonyl (C=O) groups excluding carboxylic acids is 1. The first-order valence-electron chi connectivity index (χ1n) is 10.2. The monoisotopic (exact) mass is 401 g/mol. The molecule has 30 heavy (non-hydrogen) atoms. The second kappa shape index (κ2) is 8.11. The molecule has 2 aromatic heterocycles. The Kier molecular flexibility index (Phi) is 5.36. The molecule has 0 bridgehead atoms. The molecule has 0 saturated heterocycles. The van der Waals surface area contributed by atoms with Gasteiger partial charge in [0.1, 0.15) is 5.82 Å². The van der Waals surface area contributed by atoms with Gasteiger partial charge in [0.05, 0.1) is 24.0 Å². The van der Waals surface area contributed by atoms with Crippen molar-refractivity contribution in [2.24, 2.45) is 0 Å². The number of H-pyrrole nitrogens is 1. The fourth-order valence-corrected chi connectivity index (χ4v) is 3.82. The second-order valence-corrected chi connectivity index (χ2v) is 8.14. The first kappa shape index (κ1) is 19.8. The number of aromatic nitrogens is 1. The van der Waals surface area contributed by atoms with Crippen LogP contribution in [0.1, 0.15) is 43.5 Å². The van der Waals surface area contributed by atoms with Crippen LogP contribution in [0.2, 0.25) is 0 Å². The summed E-state index contributed by atoms with van der Waals surface area (Å²) in [6, 6.07) is 19.9. The van der Waals surface area contributed by atoms with E-state index in [1.54, 1.807) is 12.5 Å². The van der Waals surface area contributed by atoms with Gasteiger partial charge in [0, 0.05) is 28.6 Å². The first-order chi connectivity index (χ1) is 14.5. The van der Waals surface area contributed by atoms with E-state index in [9.17, 15) is 4.79 Å². The summed E-state index contributed by atoms with van der Waals surface area (Å²) >= 11 is 0. The normalized spacial score (nSPS) is 12.6. The minimum absolute atomic E-state index is 0.0185. The van der Waals surface area contributed by atoms with E-state index < -0.39 is 5.41 Å². The molecular weight excluding hydrogens is 374 g/mol. The SMILES string of the molecule is CC(NC(=O)C(C)(C)c1c(NCc2ccoc2)[nH]c2ccccc12)c1ccccc1. The van der Waals surface area contributed by atoms with E-state index >= 15 is 0 Å². The van der Waals surface area contributed by atoms with Crippen molar-refractivity contribution in [2.75, 3.05) is 5.32 Å². The van der Waals surface area contributed by atoms with E-state index in [4.69, 9.17) is 4.42 Å². The summed E-state index contributed by atoms with van der Waals surface area (Å²) in [5, 5.41) is 7.69. The highest BCUT2D eigenvalue weighted by Crippen LogP contribution is 2.37. The lowest BCUT2D eigenvalue weighted by atomic mass is 9.82. The number of amides is 1. The molecule has 0 fully saturated rings. The fraction of sp³-hybridized carbons (Fsp3) is 0.240. The molecule has 0 aliphatic heterocycles. The third kappa shape index (κ3) is 3.83. The smallest absolute Gasteiger partial charge is 0.230 e. The lowest BCUT2D eigenvalue weighted by molar-refractivity contribution is -0.126. The van der Waals surface area contributed by atoms with E-state index in [1.165, 1.54) is 0 Å². The van der Waals surface area contributed by atoms with E-state index in [0.717, 1.165) is 33.4 Å². The van der Waals surface area contributed by atoms with E-state index in [2.05, 4.69) is 21.7 Å². The van der Waals surface area contributed by atoms with Gasteiger partial charge in [-0.15, -0.1) is 0 Å². The molecule has 4 aromatic rings. The number of hydrogen-bond acceptors (Lipinski definition) is 3. The van der Waals surface area contributed by atoms with Crippen LogP contribution in [0.15, 0.2) is 77.6 Å². The molecule has 3 N–H and O–H groups in total. The van der Waals surface area contributed by atoms with Crippen LogP contribution in [0.4, 0.5) is 5.82 Å². The van der Waals surface area contributed by atoms with Gasteiger partial charge in [0.2, 0.25) is 5.91 Å². The zero-order valence-corrected chi connectivity index (χ0v) is 17.5. The molecule has 1 atom stereocenters. The van der Waals surface area contributed by atoms with Crippen LogP contribution in [0.5, 0.6) is 0 Å². The number of carbonyl (C=O) groups is 1. The molecule has 4 rings (SSSR count). The van der Waals surface area contributed by atoms with Crippen LogP contribution in [0.25, 0.3) is 10.9 Å². The van der Waals surface area contributed by atoms with Gasteiger partial charge in [0.25, 0.3) is 0 Å². The van der Waals surface area contributed by atoms with Crippen LogP contribution >= 0.6 is 0 Å². The van der Waals surface area contributed by atoms with Gasteiger partial charge in [0.15, 0.2) is 0 Å². The van der Waals surface area contributed by atoms with Gasteiger partial charge in [-0.25, -0.2) is 0 Å². The summed E-state index contributed by atoms with van der Waals surface area (Å²) in [5.74, 6) is 0.833. The average Bonchev–Trinajstić information content (AvgIpc) is 3.40. The summed E-state index contributed by atoms with van der Waals surface area (Å²) in [5.41, 5.74) is 3.33. The Morgan fingerprint density at radius 1 is 1.07 bits per heavy atom. The number of aromatic amines is 1. The predicted octanol–water partition coefficient (Wildman–Crippen LogP) is 5.53. The Bertz CT molecular complexity index is 1130. The third-order valence-electron chi connectivity index (χ3n) is 5.60. The fourth-order valence-electron chi connectivity index (χ4n) is 3.82. The van der Waals surface area contributed by atoms with Gasteiger partial charge < -0.3 is 20.0 Å². The Hall–Kier alpha value is -3.47. The van der Waals surface area contributed by atoms with E-state index in [-0.39, 0.29) is 11.9 Å². The molecule has 0 radical (unpaired) electrons. The number of nitrogens with one attached hydrogen (secondary N) is 3. The Morgan fingerprint density at radius 3 is 2.53 bits per heavy atom. The van der Waals surface area contributed by atoms with Crippen LogP contribution in [-0.2, 0) is 16.8 Å². The molecule has 5 heteroatoms. The minimum Gasteiger partial charge on any atom is -0.472 e. The van der Waals surface area contributed by atoms with Gasteiger partial charge >= 0.3 is 0 Å². The summed E-state index contributed by atoms with van der Waals surface area (Å²) < 4.78 is 5.17. The van der Waals surface area contributed by atoms with Crippen LogP contribution in [-0.4, -0.2) is 10.9 Å². The molecule has 5 nitrogen and oxygen atoms in total. The highest BCUT2D eigenvalue weighted by Gasteiger charge is 2.35. The topological polar surface area (TPSA) is 70.1 Å². The van der Waals surface area contributed by atoms with E-state index in [1.807, 2.05) is 75.4 Å². The highest BCUT2D eigenvalue weighted by molar-refractivity contribution is 5.98. The van der Waals surface area contributed by atoms with Gasteiger partial charge in [-0.2, -0.15) is 0 Å². The largest absolute Gasteiger partial charge is 0.472 e. The third-order valence-corrected chi connectivity index (χ3v) is 5.60. The highest BCUT2D eigenvalue weighted by atomic mass is 16.3. The van der Waals surface area contributed by atoms with Gasteiger partial charge in [-0.3, -0.25) is 4.79 Å². The standard InChI is InChI=1S/C25H27N3O2/c1-17(19-9-5-4-6-10-19)27-24(29)25(2,3)22-20-11-7-8-12-21(20)28-23(22)26-15-18-13-14-30-16-18/h4-14,16-17,26,28H,15H2,1-3H3,(H,27,29). The van der Waals surface area contributed by atoms with Crippen molar-refractivity contribution in [1.29, 1.82) is 0 Å². The first-order valence-corrected chi connectivity index (χ1v) is 10.2.